The number of rotatable bonds is 6. The van der Waals surface area contributed by atoms with Crippen molar-refractivity contribution in [1.29, 1.82) is 0 Å². The molecule has 0 saturated heterocycles. The Kier molecular flexibility index (Phi) is 4.33. The van der Waals surface area contributed by atoms with Crippen LogP contribution in [0.2, 0.25) is 0 Å². The maximum absolute atomic E-state index is 5.12. The van der Waals surface area contributed by atoms with Gasteiger partial charge in [0.1, 0.15) is 0 Å². The van der Waals surface area contributed by atoms with Gasteiger partial charge in [0.2, 0.25) is 0 Å². The lowest BCUT2D eigenvalue weighted by molar-refractivity contribution is 0.158. The lowest BCUT2D eigenvalue weighted by atomic mass is 10.2. The highest BCUT2D eigenvalue weighted by Crippen LogP contribution is 2.16. The molecule has 0 radical (unpaired) electrons. The van der Waals surface area contributed by atoms with Gasteiger partial charge in [-0.25, -0.2) is 0 Å². The fourth-order valence-electron chi connectivity index (χ4n) is 2.20. The van der Waals surface area contributed by atoms with Crippen LogP contribution in [0.15, 0.2) is 24.3 Å². The molecule has 0 aliphatic heterocycles. The summed E-state index contributed by atoms with van der Waals surface area (Å²) in [6, 6.07) is 8.32. The normalized spacial score (nSPS) is 13.1. The van der Waals surface area contributed by atoms with Crippen molar-refractivity contribution in [2.75, 3.05) is 20.3 Å². The molecular weight excluding hydrogens is 226 g/mol. The number of benzene rings is 1. The third-order valence-corrected chi connectivity index (χ3v) is 3.07. The van der Waals surface area contributed by atoms with E-state index in [4.69, 9.17) is 4.74 Å². The monoisotopic (exact) mass is 247 g/mol. The molecule has 0 bridgehead atoms. The number of nitrogens with one attached hydrogen (secondary N) is 1. The van der Waals surface area contributed by atoms with Crippen molar-refractivity contribution >= 4 is 10.9 Å². The molecule has 1 aromatic carbocycles. The second-order valence-electron chi connectivity index (χ2n) is 4.78. The van der Waals surface area contributed by atoms with Gasteiger partial charge in [-0.1, -0.05) is 25.1 Å². The number of aryl methyl sites for hydroxylation is 1. The Labute approximate surface area is 108 Å². The van der Waals surface area contributed by atoms with Crippen molar-refractivity contribution in [3.8, 4) is 0 Å². The number of aromatic nitrogens is 2. The van der Waals surface area contributed by atoms with Gasteiger partial charge in [-0.3, -0.25) is 4.68 Å². The number of fused-ring (bicyclic) bond motifs is 1. The number of nitrogens with zero attached hydrogens (tertiary/aromatic N) is 2. The van der Waals surface area contributed by atoms with Crippen molar-refractivity contribution in [3.63, 3.8) is 0 Å². The van der Waals surface area contributed by atoms with Gasteiger partial charge < -0.3 is 10.1 Å². The Bertz CT molecular complexity index is 507. The van der Waals surface area contributed by atoms with Crippen molar-refractivity contribution in [3.05, 3.63) is 30.0 Å². The lowest BCUT2D eigenvalue weighted by Crippen LogP contribution is -2.23. The fraction of sp³-hybridized carbons (Fsp3) is 0.500. The van der Waals surface area contributed by atoms with Crippen molar-refractivity contribution in [2.45, 2.75) is 13.5 Å². The van der Waals surface area contributed by atoms with Crippen LogP contribution < -0.4 is 5.32 Å². The predicted molar refractivity (Wildman–Crippen MR) is 73.5 cm³/mol. The minimum absolute atomic E-state index is 0.518. The molecule has 1 atom stereocenters. The Morgan fingerprint density at radius 3 is 2.94 bits per heavy atom. The lowest BCUT2D eigenvalue weighted by Gasteiger charge is -2.10. The van der Waals surface area contributed by atoms with Gasteiger partial charge in [0, 0.05) is 39.2 Å². The smallest absolute Gasteiger partial charge is 0.0841 e. The molecule has 1 N–H and O–H groups in total. The van der Waals surface area contributed by atoms with Crippen LogP contribution in [0.4, 0.5) is 0 Å². The van der Waals surface area contributed by atoms with E-state index in [1.807, 2.05) is 17.8 Å². The van der Waals surface area contributed by atoms with Gasteiger partial charge in [0.25, 0.3) is 0 Å². The van der Waals surface area contributed by atoms with Crippen LogP contribution in [0, 0.1) is 5.92 Å². The Hall–Kier alpha value is -1.39. The standard InChI is InChI=1S/C14H21N3O/c1-11(10-18-3)8-15-9-13-12-6-4-5-7-14(12)17(2)16-13/h4-7,11,15H,8-10H2,1-3H3. The molecule has 0 amide bonds. The molecule has 98 valence electrons. The van der Waals surface area contributed by atoms with Crippen molar-refractivity contribution < 1.29 is 4.74 Å². The molecule has 4 nitrogen and oxygen atoms in total. The zero-order valence-electron chi connectivity index (χ0n) is 11.3. The molecule has 1 unspecified atom stereocenters. The minimum Gasteiger partial charge on any atom is -0.384 e. The molecule has 0 spiro atoms. The van der Waals surface area contributed by atoms with Gasteiger partial charge >= 0.3 is 0 Å². The second-order valence-corrected chi connectivity index (χ2v) is 4.78. The highest BCUT2D eigenvalue weighted by atomic mass is 16.5. The van der Waals surface area contributed by atoms with Crippen LogP contribution in [-0.4, -0.2) is 30.0 Å². The second kappa shape index (κ2) is 5.98. The van der Waals surface area contributed by atoms with Crippen LogP contribution >= 0.6 is 0 Å². The molecule has 2 aromatic rings. The number of para-hydroxylation sites is 1. The average Bonchev–Trinajstić information content (AvgIpc) is 2.68. The SMILES string of the molecule is COCC(C)CNCc1nn(C)c2ccccc12. The Morgan fingerprint density at radius 1 is 1.39 bits per heavy atom. The van der Waals surface area contributed by atoms with Gasteiger partial charge in [-0.05, 0) is 12.0 Å². The number of methoxy groups -OCH3 is 1. The van der Waals surface area contributed by atoms with E-state index in [1.165, 1.54) is 10.9 Å². The molecule has 2 rings (SSSR count). The summed E-state index contributed by atoms with van der Waals surface area (Å²) in [7, 11) is 3.72. The molecular formula is C14H21N3O. The van der Waals surface area contributed by atoms with Gasteiger partial charge in [0.05, 0.1) is 11.2 Å². The fourth-order valence-corrected chi connectivity index (χ4v) is 2.20. The first-order valence-electron chi connectivity index (χ1n) is 6.32. The molecule has 4 heteroatoms. The van der Waals surface area contributed by atoms with Gasteiger partial charge in [-0.15, -0.1) is 0 Å². The van der Waals surface area contributed by atoms with E-state index in [0.717, 1.165) is 25.4 Å². The zero-order valence-corrected chi connectivity index (χ0v) is 11.3. The van der Waals surface area contributed by atoms with E-state index in [2.05, 4.69) is 35.5 Å². The summed E-state index contributed by atoms with van der Waals surface area (Å²) in [5, 5.41) is 9.22. The molecule has 18 heavy (non-hydrogen) atoms. The third kappa shape index (κ3) is 2.89. The molecule has 0 aliphatic rings. The van der Waals surface area contributed by atoms with E-state index in [9.17, 15) is 0 Å². The maximum Gasteiger partial charge on any atom is 0.0841 e. The molecule has 0 fully saturated rings. The summed E-state index contributed by atoms with van der Waals surface area (Å²) in [6.07, 6.45) is 0. The van der Waals surface area contributed by atoms with Crippen molar-refractivity contribution in [1.82, 2.24) is 15.1 Å². The van der Waals surface area contributed by atoms with Crippen LogP contribution in [0.25, 0.3) is 10.9 Å². The molecule has 1 heterocycles. The van der Waals surface area contributed by atoms with E-state index in [1.54, 1.807) is 7.11 Å². The summed E-state index contributed by atoms with van der Waals surface area (Å²) in [6.45, 7) is 4.71. The van der Waals surface area contributed by atoms with E-state index in [-0.39, 0.29) is 0 Å². The van der Waals surface area contributed by atoms with Crippen LogP contribution in [-0.2, 0) is 18.3 Å². The number of ether oxygens (including phenoxy) is 1. The summed E-state index contributed by atoms with van der Waals surface area (Å²) < 4.78 is 7.06. The summed E-state index contributed by atoms with van der Waals surface area (Å²) in [5.74, 6) is 0.518. The van der Waals surface area contributed by atoms with E-state index in [0.29, 0.717) is 5.92 Å². The highest BCUT2D eigenvalue weighted by Gasteiger charge is 2.07. The van der Waals surface area contributed by atoms with Gasteiger partial charge in [-0.2, -0.15) is 5.10 Å². The maximum atomic E-state index is 5.12. The quantitative estimate of drug-likeness (QED) is 0.848. The third-order valence-electron chi connectivity index (χ3n) is 3.07. The first kappa shape index (κ1) is 13.1. The zero-order chi connectivity index (χ0) is 13.0. The summed E-state index contributed by atoms with van der Waals surface area (Å²) in [5.41, 5.74) is 2.29. The largest absolute Gasteiger partial charge is 0.384 e. The summed E-state index contributed by atoms with van der Waals surface area (Å²) in [4.78, 5) is 0. The van der Waals surface area contributed by atoms with Crippen molar-refractivity contribution in [2.24, 2.45) is 13.0 Å². The number of hydrogen-bond donors (Lipinski definition) is 1. The first-order valence-corrected chi connectivity index (χ1v) is 6.32. The van der Waals surface area contributed by atoms with E-state index < -0.39 is 0 Å². The van der Waals surface area contributed by atoms with Gasteiger partial charge in [0.15, 0.2) is 0 Å². The Balaban J connectivity index is 2.00. The number of hydrogen-bond acceptors (Lipinski definition) is 3. The van der Waals surface area contributed by atoms with E-state index >= 15 is 0 Å². The predicted octanol–water partition coefficient (Wildman–Crippen LogP) is 1.95. The van der Waals surface area contributed by atoms with Crippen LogP contribution in [0.5, 0.6) is 0 Å². The topological polar surface area (TPSA) is 39.1 Å². The Morgan fingerprint density at radius 2 is 2.17 bits per heavy atom. The van der Waals surface area contributed by atoms with Crippen LogP contribution in [0.3, 0.4) is 0 Å². The molecule has 0 aliphatic carbocycles. The van der Waals surface area contributed by atoms with Crippen LogP contribution in [0.1, 0.15) is 12.6 Å². The first-order chi connectivity index (χ1) is 8.72. The highest BCUT2D eigenvalue weighted by molar-refractivity contribution is 5.81. The summed E-state index contributed by atoms with van der Waals surface area (Å²) >= 11 is 0. The minimum atomic E-state index is 0.518. The molecule has 0 saturated carbocycles. The molecule has 1 aromatic heterocycles. The average molecular weight is 247 g/mol.